The van der Waals surface area contributed by atoms with Gasteiger partial charge in [-0.3, -0.25) is 0 Å². The number of urea groups is 1. The molecule has 0 aromatic heterocycles. The summed E-state index contributed by atoms with van der Waals surface area (Å²) in [5, 5.41) is 5.17. The maximum atomic E-state index is 12.9. The molecule has 0 aliphatic heterocycles. The molecule has 0 fully saturated rings. The second kappa shape index (κ2) is 9.13. The van der Waals surface area contributed by atoms with Crippen LogP contribution in [0, 0.1) is 0 Å². The Kier molecular flexibility index (Phi) is 6.37. The molecule has 5 nitrogen and oxygen atoms in total. The van der Waals surface area contributed by atoms with Crippen molar-refractivity contribution in [1.82, 2.24) is 4.90 Å². The number of carbonyl (C=O) groups excluding carboxylic acids is 1. The Morgan fingerprint density at radius 2 is 1.79 bits per heavy atom. The van der Waals surface area contributed by atoms with Crippen molar-refractivity contribution in [2.75, 3.05) is 25.6 Å². The molecule has 0 radical (unpaired) electrons. The predicted molar refractivity (Wildman–Crippen MR) is 113 cm³/mol. The summed E-state index contributed by atoms with van der Waals surface area (Å²) in [5.41, 5.74) is 1.79. The molecule has 0 aliphatic carbocycles. The zero-order chi connectivity index (χ0) is 19.9. The number of amides is 2. The molecule has 0 spiro atoms. The SMILES string of the molecule is CCOc1ccc(CN(CC)C(=O)Nc2cccc3ccccc23)cc1OC. The molecule has 0 saturated carbocycles. The molecule has 0 saturated heterocycles. The Bertz CT molecular complexity index is 950. The second-order valence-electron chi connectivity index (χ2n) is 6.39. The number of anilines is 1. The van der Waals surface area contributed by atoms with E-state index < -0.39 is 0 Å². The van der Waals surface area contributed by atoms with Gasteiger partial charge in [0.1, 0.15) is 0 Å². The number of nitrogens with zero attached hydrogens (tertiary/aromatic N) is 1. The molecule has 0 unspecified atom stereocenters. The van der Waals surface area contributed by atoms with Crippen molar-refractivity contribution in [1.29, 1.82) is 0 Å². The Balaban J connectivity index is 1.77. The first-order valence-electron chi connectivity index (χ1n) is 9.49. The van der Waals surface area contributed by atoms with Crippen LogP contribution in [0.15, 0.2) is 60.7 Å². The summed E-state index contributed by atoms with van der Waals surface area (Å²) >= 11 is 0. The molecule has 3 rings (SSSR count). The van der Waals surface area contributed by atoms with Gasteiger partial charge in [-0.2, -0.15) is 0 Å². The van der Waals surface area contributed by atoms with E-state index in [1.807, 2.05) is 74.5 Å². The predicted octanol–water partition coefficient (Wildman–Crippen LogP) is 5.30. The third-order valence-electron chi connectivity index (χ3n) is 4.60. The van der Waals surface area contributed by atoms with Crippen LogP contribution in [-0.4, -0.2) is 31.2 Å². The van der Waals surface area contributed by atoms with E-state index in [0.29, 0.717) is 31.2 Å². The third kappa shape index (κ3) is 4.36. The minimum absolute atomic E-state index is 0.133. The minimum atomic E-state index is -0.133. The summed E-state index contributed by atoms with van der Waals surface area (Å²) in [7, 11) is 1.62. The van der Waals surface area contributed by atoms with Gasteiger partial charge in [0.2, 0.25) is 0 Å². The number of nitrogens with one attached hydrogen (secondary N) is 1. The van der Waals surface area contributed by atoms with Crippen LogP contribution in [0.1, 0.15) is 19.4 Å². The van der Waals surface area contributed by atoms with Gasteiger partial charge >= 0.3 is 6.03 Å². The van der Waals surface area contributed by atoms with Crippen molar-refractivity contribution in [3.63, 3.8) is 0 Å². The van der Waals surface area contributed by atoms with Gasteiger partial charge in [-0.05, 0) is 43.0 Å². The standard InChI is InChI=1S/C23H26N2O3/c1-4-25(16-17-13-14-21(28-5-2)22(15-17)27-3)23(26)24-20-12-8-10-18-9-6-7-11-19(18)20/h6-15H,4-5,16H2,1-3H3,(H,24,26). The molecule has 0 bridgehead atoms. The van der Waals surface area contributed by atoms with Gasteiger partial charge in [0.15, 0.2) is 11.5 Å². The van der Waals surface area contributed by atoms with E-state index >= 15 is 0 Å². The van der Waals surface area contributed by atoms with E-state index in [2.05, 4.69) is 5.32 Å². The van der Waals surface area contributed by atoms with Crippen LogP contribution in [0.3, 0.4) is 0 Å². The van der Waals surface area contributed by atoms with Crippen molar-refractivity contribution in [3.05, 3.63) is 66.2 Å². The Labute approximate surface area is 165 Å². The van der Waals surface area contributed by atoms with E-state index in [-0.39, 0.29) is 6.03 Å². The van der Waals surface area contributed by atoms with Gasteiger partial charge in [0.25, 0.3) is 0 Å². The van der Waals surface area contributed by atoms with Crippen molar-refractivity contribution < 1.29 is 14.3 Å². The summed E-state index contributed by atoms with van der Waals surface area (Å²) in [6.45, 7) is 5.55. The van der Waals surface area contributed by atoms with Crippen LogP contribution in [0.25, 0.3) is 10.8 Å². The van der Waals surface area contributed by atoms with Crippen LogP contribution in [0.2, 0.25) is 0 Å². The fourth-order valence-electron chi connectivity index (χ4n) is 3.16. The van der Waals surface area contributed by atoms with Crippen molar-refractivity contribution in [3.8, 4) is 11.5 Å². The average molecular weight is 378 g/mol. The lowest BCUT2D eigenvalue weighted by atomic mass is 10.1. The molecule has 3 aromatic rings. The van der Waals surface area contributed by atoms with Gasteiger partial charge < -0.3 is 19.7 Å². The summed E-state index contributed by atoms with van der Waals surface area (Å²) in [4.78, 5) is 14.6. The number of methoxy groups -OCH3 is 1. The number of benzene rings is 3. The average Bonchev–Trinajstić information content (AvgIpc) is 2.73. The van der Waals surface area contributed by atoms with Gasteiger partial charge in [0, 0.05) is 18.5 Å². The number of hydrogen-bond donors (Lipinski definition) is 1. The van der Waals surface area contributed by atoms with E-state index in [0.717, 1.165) is 22.0 Å². The molecule has 0 atom stereocenters. The van der Waals surface area contributed by atoms with E-state index in [4.69, 9.17) is 9.47 Å². The maximum Gasteiger partial charge on any atom is 0.322 e. The normalized spacial score (nSPS) is 10.5. The number of rotatable bonds is 7. The zero-order valence-corrected chi connectivity index (χ0v) is 16.6. The number of ether oxygens (including phenoxy) is 2. The molecular weight excluding hydrogens is 352 g/mol. The highest BCUT2D eigenvalue weighted by molar-refractivity contribution is 6.01. The number of fused-ring (bicyclic) bond motifs is 1. The van der Waals surface area contributed by atoms with Crippen LogP contribution < -0.4 is 14.8 Å². The minimum Gasteiger partial charge on any atom is -0.493 e. The van der Waals surface area contributed by atoms with Gasteiger partial charge in [-0.1, -0.05) is 42.5 Å². The van der Waals surface area contributed by atoms with Crippen LogP contribution in [0.4, 0.5) is 10.5 Å². The summed E-state index contributed by atoms with van der Waals surface area (Å²) < 4.78 is 11.0. The molecule has 0 aliphatic rings. The summed E-state index contributed by atoms with van der Waals surface area (Å²) in [6.07, 6.45) is 0. The van der Waals surface area contributed by atoms with Gasteiger partial charge in [-0.15, -0.1) is 0 Å². The second-order valence-corrected chi connectivity index (χ2v) is 6.39. The zero-order valence-electron chi connectivity index (χ0n) is 16.6. The number of carbonyl (C=O) groups is 1. The Morgan fingerprint density at radius 3 is 2.54 bits per heavy atom. The first kappa shape index (κ1) is 19.5. The highest BCUT2D eigenvalue weighted by atomic mass is 16.5. The van der Waals surface area contributed by atoms with Crippen molar-refractivity contribution >= 4 is 22.5 Å². The molecule has 0 heterocycles. The lowest BCUT2D eigenvalue weighted by Crippen LogP contribution is -2.34. The van der Waals surface area contributed by atoms with Gasteiger partial charge in [0.05, 0.1) is 19.4 Å². The Hall–Kier alpha value is -3.21. The van der Waals surface area contributed by atoms with E-state index in [1.54, 1.807) is 12.0 Å². The largest absolute Gasteiger partial charge is 0.493 e. The fraction of sp³-hybridized carbons (Fsp3) is 0.261. The molecule has 1 N–H and O–H groups in total. The van der Waals surface area contributed by atoms with E-state index in [9.17, 15) is 4.79 Å². The first-order valence-corrected chi connectivity index (χ1v) is 9.49. The monoisotopic (exact) mass is 378 g/mol. The lowest BCUT2D eigenvalue weighted by Gasteiger charge is -2.22. The van der Waals surface area contributed by atoms with Gasteiger partial charge in [-0.25, -0.2) is 4.79 Å². The van der Waals surface area contributed by atoms with Crippen molar-refractivity contribution in [2.24, 2.45) is 0 Å². The lowest BCUT2D eigenvalue weighted by molar-refractivity contribution is 0.212. The quantitative estimate of drug-likeness (QED) is 0.607. The molecule has 2 amide bonds. The van der Waals surface area contributed by atoms with Crippen LogP contribution >= 0.6 is 0 Å². The maximum absolute atomic E-state index is 12.9. The highest BCUT2D eigenvalue weighted by Crippen LogP contribution is 2.29. The Morgan fingerprint density at radius 1 is 1.00 bits per heavy atom. The first-order chi connectivity index (χ1) is 13.7. The smallest absolute Gasteiger partial charge is 0.322 e. The van der Waals surface area contributed by atoms with Crippen LogP contribution in [-0.2, 0) is 6.54 Å². The van der Waals surface area contributed by atoms with Crippen molar-refractivity contribution in [2.45, 2.75) is 20.4 Å². The topological polar surface area (TPSA) is 50.8 Å². The molecular formula is C23H26N2O3. The summed E-state index contributed by atoms with van der Waals surface area (Å²) in [5.74, 6) is 1.38. The third-order valence-corrected chi connectivity index (χ3v) is 4.60. The van der Waals surface area contributed by atoms with Crippen LogP contribution in [0.5, 0.6) is 11.5 Å². The highest BCUT2D eigenvalue weighted by Gasteiger charge is 2.15. The fourth-order valence-corrected chi connectivity index (χ4v) is 3.16. The summed E-state index contributed by atoms with van der Waals surface area (Å²) in [6, 6.07) is 19.6. The molecule has 28 heavy (non-hydrogen) atoms. The molecule has 5 heteroatoms. The van der Waals surface area contributed by atoms with E-state index in [1.165, 1.54) is 0 Å². The molecule has 3 aromatic carbocycles. The number of hydrogen-bond acceptors (Lipinski definition) is 3. The molecule has 146 valence electrons.